The van der Waals surface area contributed by atoms with Gasteiger partial charge in [-0.15, -0.1) is 11.3 Å². The van der Waals surface area contributed by atoms with E-state index in [0.29, 0.717) is 17.2 Å². The number of hydrogen-bond donors (Lipinski definition) is 0. The summed E-state index contributed by atoms with van der Waals surface area (Å²) in [6, 6.07) is 58.9. The van der Waals surface area contributed by atoms with Crippen LogP contribution < -0.4 is 0 Å². The molecule has 288 valence electrons. The van der Waals surface area contributed by atoms with E-state index in [0.717, 1.165) is 96.7 Å². The highest BCUT2D eigenvalue weighted by Crippen LogP contribution is 2.46. The van der Waals surface area contributed by atoms with Crippen molar-refractivity contribution in [3.8, 4) is 51.0 Å². The second-order valence-electron chi connectivity index (χ2n) is 15.5. The molecule has 10 aromatic carbocycles. The summed E-state index contributed by atoms with van der Waals surface area (Å²) in [5.74, 6) is 0.616. The summed E-state index contributed by atoms with van der Waals surface area (Å²) in [4.78, 5) is 15.5. The lowest BCUT2D eigenvalue weighted by molar-refractivity contribution is 1.08. The zero-order valence-corrected chi connectivity index (χ0v) is 33.8. The van der Waals surface area contributed by atoms with Gasteiger partial charge in [0.2, 0.25) is 0 Å². The first kappa shape index (κ1) is 30.1. The number of aromatic nitrogens is 4. The maximum absolute atomic E-state index is 9.12. The van der Waals surface area contributed by atoms with E-state index in [1.165, 1.54) is 0 Å². The van der Waals surface area contributed by atoms with Gasteiger partial charge in [0.25, 0.3) is 0 Å². The molecule has 0 bridgehead atoms. The zero-order valence-electron chi connectivity index (χ0n) is 37.9. The fraction of sp³-hybridized carbons (Fsp3) is 0. The Labute approximate surface area is 367 Å². The van der Waals surface area contributed by atoms with Gasteiger partial charge in [0.05, 0.1) is 17.9 Å². The fourth-order valence-corrected chi connectivity index (χ4v) is 10.7. The smallest absolute Gasteiger partial charge is 0.165 e. The van der Waals surface area contributed by atoms with Gasteiger partial charge in [0, 0.05) is 53.3 Å². The molecule has 0 saturated carbocycles. The summed E-state index contributed by atoms with van der Waals surface area (Å²) < 4.78 is 48.4. The van der Waals surface area contributed by atoms with Crippen LogP contribution >= 0.6 is 11.3 Å². The van der Waals surface area contributed by atoms with Crippen LogP contribution in [0.4, 0.5) is 0 Å². The number of hydrogen-bond acceptors (Lipinski definition) is 4. The van der Waals surface area contributed by atoms with Crippen molar-refractivity contribution in [2.24, 2.45) is 0 Å². The van der Waals surface area contributed by atoms with Gasteiger partial charge in [-0.1, -0.05) is 176 Å². The second-order valence-corrected chi connectivity index (χ2v) is 16.6. The standard InChI is InChI=1S/C57H34N4S/c1-3-16-35(17-4-1)39-26-15-27-47-49-33-38(61-51-28-13-11-24-45(51)46-25-12-14-29-52(46)61)34-50(54(49)62-53(39)47)57-59-55(36-18-5-2-6-19-36)58-56(60-57)37-30-31-44-42-22-8-7-20-40(42)41-21-9-10-23-43(41)48(44)32-37/h1-34H/i2D,5D,6D,18D,19D. The van der Waals surface area contributed by atoms with Crippen molar-refractivity contribution >= 4 is 85.6 Å². The van der Waals surface area contributed by atoms with Crippen LogP contribution in [0, 0.1) is 0 Å². The Morgan fingerprint density at radius 2 is 0.887 bits per heavy atom. The molecule has 13 aromatic rings. The third-order valence-electron chi connectivity index (χ3n) is 12.1. The summed E-state index contributed by atoms with van der Waals surface area (Å²) in [6.45, 7) is 0. The molecule has 62 heavy (non-hydrogen) atoms. The predicted octanol–water partition coefficient (Wildman–Crippen LogP) is 15.5. The second kappa shape index (κ2) is 13.8. The van der Waals surface area contributed by atoms with Gasteiger partial charge >= 0.3 is 0 Å². The molecule has 0 atom stereocenters. The minimum absolute atomic E-state index is 0.0121. The van der Waals surface area contributed by atoms with Crippen LogP contribution in [-0.4, -0.2) is 19.5 Å². The average molecular weight is 812 g/mol. The first-order valence-corrected chi connectivity index (χ1v) is 21.3. The topological polar surface area (TPSA) is 43.6 Å². The van der Waals surface area contributed by atoms with Gasteiger partial charge in [-0.2, -0.15) is 0 Å². The van der Waals surface area contributed by atoms with E-state index in [1.54, 1.807) is 11.3 Å². The summed E-state index contributed by atoms with van der Waals surface area (Å²) >= 11 is 1.67. The lowest BCUT2D eigenvalue weighted by atomic mass is 9.93. The summed E-state index contributed by atoms with van der Waals surface area (Å²) in [7, 11) is 0. The molecule has 0 N–H and O–H groups in total. The van der Waals surface area contributed by atoms with Crippen molar-refractivity contribution < 1.29 is 6.85 Å². The number of para-hydroxylation sites is 2. The quantitative estimate of drug-likeness (QED) is 0.163. The van der Waals surface area contributed by atoms with Crippen LogP contribution in [0.1, 0.15) is 6.85 Å². The van der Waals surface area contributed by atoms with Crippen molar-refractivity contribution in [1.82, 2.24) is 19.5 Å². The van der Waals surface area contributed by atoms with Crippen LogP contribution in [0.3, 0.4) is 0 Å². The van der Waals surface area contributed by atoms with E-state index in [9.17, 15) is 0 Å². The molecule has 3 aromatic heterocycles. The predicted molar refractivity (Wildman–Crippen MR) is 261 cm³/mol. The molecule has 0 radical (unpaired) electrons. The number of rotatable bonds is 5. The van der Waals surface area contributed by atoms with Crippen molar-refractivity contribution in [3.63, 3.8) is 0 Å². The van der Waals surface area contributed by atoms with Crippen LogP contribution in [0.2, 0.25) is 0 Å². The molecular weight excluding hydrogens is 773 g/mol. The van der Waals surface area contributed by atoms with E-state index in [2.05, 4.69) is 162 Å². The van der Waals surface area contributed by atoms with Crippen LogP contribution in [0.15, 0.2) is 206 Å². The number of nitrogens with zero attached hydrogens (tertiary/aromatic N) is 4. The largest absolute Gasteiger partial charge is 0.309 e. The first-order valence-electron chi connectivity index (χ1n) is 23.0. The van der Waals surface area contributed by atoms with Gasteiger partial charge in [0.15, 0.2) is 17.5 Å². The molecule has 5 heteroatoms. The highest BCUT2D eigenvalue weighted by Gasteiger charge is 2.22. The Balaban J connectivity index is 1.15. The van der Waals surface area contributed by atoms with Crippen molar-refractivity contribution in [1.29, 1.82) is 0 Å². The molecular formula is C57H34N4S. The lowest BCUT2D eigenvalue weighted by Gasteiger charge is -2.14. The van der Waals surface area contributed by atoms with E-state index >= 15 is 0 Å². The van der Waals surface area contributed by atoms with Crippen LogP contribution in [0.5, 0.6) is 0 Å². The molecule has 0 amide bonds. The summed E-state index contributed by atoms with van der Waals surface area (Å²) in [6.07, 6.45) is 0. The van der Waals surface area contributed by atoms with E-state index in [-0.39, 0.29) is 23.5 Å². The monoisotopic (exact) mass is 811 g/mol. The lowest BCUT2D eigenvalue weighted by Crippen LogP contribution is -2.01. The minimum Gasteiger partial charge on any atom is -0.309 e. The zero-order chi connectivity index (χ0) is 45.1. The van der Waals surface area contributed by atoms with Gasteiger partial charge in [-0.25, -0.2) is 15.0 Å². The third-order valence-corrected chi connectivity index (χ3v) is 13.4. The average Bonchev–Trinajstić information content (AvgIpc) is 3.93. The minimum atomic E-state index is -0.484. The van der Waals surface area contributed by atoms with Gasteiger partial charge in [0.1, 0.15) is 0 Å². The molecule has 0 spiro atoms. The molecule has 3 heterocycles. The van der Waals surface area contributed by atoms with Gasteiger partial charge in [-0.3, -0.25) is 0 Å². The van der Waals surface area contributed by atoms with Crippen LogP contribution in [0.25, 0.3) is 125 Å². The Morgan fingerprint density at radius 3 is 1.56 bits per heavy atom. The molecule has 0 aliphatic carbocycles. The van der Waals surface area contributed by atoms with Crippen molar-refractivity contribution in [2.45, 2.75) is 0 Å². The van der Waals surface area contributed by atoms with E-state index < -0.39 is 18.1 Å². The number of benzene rings is 10. The molecule has 0 unspecified atom stereocenters. The molecule has 0 aliphatic rings. The highest BCUT2D eigenvalue weighted by molar-refractivity contribution is 7.26. The molecule has 13 rings (SSSR count). The maximum Gasteiger partial charge on any atom is 0.165 e. The van der Waals surface area contributed by atoms with Gasteiger partial charge < -0.3 is 4.57 Å². The van der Waals surface area contributed by atoms with E-state index in [1.807, 2.05) is 18.2 Å². The highest BCUT2D eigenvalue weighted by atomic mass is 32.1. The third kappa shape index (κ3) is 5.35. The van der Waals surface area contributed by atoms with Crippen LogP contribution in [-0.2, 0) is 0 Å². The Bertz CT molecular complexity index is 4120. The molecule has 0 aliphatic heterocycles. The van der Waals surface area contributed by atoms with Crippen molar-refractivity contribution in [3.05, 3.63) is 206 Å². The maximum atomic E-state index is 9.12. The Morgan fingerprint density at radius 1 is 0.355 bits per heavy atom. The van der Waals surface area contributed by atoms with Crippen molar-refractivity contribution in [2.75, 3.05) is 0 Å². The summed E-state index contributed by atoms with van der Waals surface area (Å²) in [5.41, 5.74) is 6.54. The fourth-order valence-electron chi connectivity index (χ4n) is 9.37. The normalized spacial score (nSPS) is 13.0. The van der Waals surface area contributed by atoms with E-state index in [4.69, 9.17) is 21.8 Å². The summed E-state index contributed by atoms with van der Waals surface area (Å²) in [5, 5.41) is 11.0. The molecule has 0 saturated heterocycles. The first-order chi connectivity index (χ1) is 32.8. The number of fused-ring (bicyclic) bond motifs is 12. The van der Waals surface area contributed by atoms with Gasteiger partial charge in [-0.05, 0) is 73.8 Å². The Kier molecular flexibility index (Phi) is 6.69. The molecule has 0 fully saturated rings. The SMILES string of the molecule is [2H]c1c([2H])c([2H])c(-c2nc(-c3ccc4c5ccccc5c5ccccc5c4c3)nc(-c3cc(-n4c5ccccc5c5ccccc54)cc4c3sc3c(-c5ccccc5)cccc34)n2)c([2H])c1[2H]. The Hall–Kier alpha value is -7.99. The molecule has 4 nitrogen and oxygen atoms in total. The number of thiophene rings is 1.